The topological polar surface area (TPSA) is 47.6 Å². The molecule has 1 unspecified atom stereocenters. The van der Waals surface area contributed by atoms with Gasteiger partial charge in [-0.1, -0.05) is 13.8 Å². The summed E-state index contributed by atoms with van der Waals surface area (Å²) in [6, 6.07) is 0. The van der Waals surface area contributed by atoms with Crippen LogP contribution in [-0.4, -0.2) is 31.5 Å². The van der Waals surface area contributed by atoms with E-state index in [2.05, 4.69) is 26.1 Å². The van der Waals surface area contributed by atoms with Crippen LogP contribution in [-0.2, 0) is 14.3 Å². The van der Waals surface area contributed by atoms with E-state index in [1.54, 1.807) is 7.11 Å². The maximum absolute atomic E-state index is 11.0. The van der Waals surface area contributed by atoms with Gasteiger partial charge in [0.1, 0.15) is 6.10 Å². The highest BCUT2D eigenvalue weighted by Gasteiger charge is 2.37. The first-order valence-corrected chi connectivity index (χ1v) is 5.82. The summed E-state index contributed by atoms with van der Waals surface area (Å²) in [6.07, 6.45) is 1.79. The molecule has 1 N–H and O–H groups in total. The van der Waals surface area contributed by atoms with Crippen LogP contribution < -0.4 is 5.32 Å². The van der Waals surface area contributed by atoms with E-state index >= 15 is 0 Å². The molecule has 0 aromatic heterocycles. The van der Waals surface area contributed by atoms with Crippen molar-refractivity contribution in [2.45, 2.75) is 59.0 Å². The van der Waals surface area contributed by atoms with Crippen molar-refractivity contribution in [2.24, 2.45) is 5.41 Å². The average Bonchev–Trinajstić information content (AvgIpc) is 2.18. The van der Waals surface area contributed by atoms with Gasteiger partial charge in [-0.2, -0.15) is 0 Å². The van der Waals surface area contributed by atoms with Crippen molar-refractivity contribution in [3.8, 4) is 0 Å². The first-order chi connectivity index (χ1) is 7.36. The fourth-order valence-corrected chi connectivity index (χ4v) is 1.96. The Morgan fingerprint density at radius 1 is 1.56 bits per heavy atom. The lowest BCUT2D eigenvalue weighted by Gasteiger charge is -2.42. The van der Waals surface area contributed by atoms with Crippen molar-refractivity contribution in [2.75, 3.05) is 7.11 Å². The molecule has 4 nitrogen and oxygen atoms in total. The van der Waals surface area contributed by atoms with Crippen molar-refractivity contribution in [3.63, 3.8) is 0 Å². The normalized spacial score (nSPS) is 30.8. The number of carbonyl (C=O) groups excluding carboxylic acids is 1. The van der Waals surface area contributed by atoms with E-state index in [0.29, 0.717) is 0 Å². The molecule has 1 aliphatic heterocycles. The van der Waals surface area contributed by atoms with Crippen LogP contribution in [0.1, 0.15) is 40.5 Å². The Kier molecular flexibility index (Phi) is 4.33. The smallest absolute Gasteiger partial charge is 0.218 e. The summed E-state index contributed by atoms with van der Waals surface area (Å²) in [5.41, 5.74) is 0.199. The minimum atomic E-state index is -0.337. The van der Waals surface area contributed by atoms with Crippen LogP contribution in [0, 0.1) is 5.41 Å². The van der Waals surface area contributed by atoms with Crippen LogP contribution >= 0.6 is 0 Å². The van der Waals surface area contributed by atoms with Crippen molar-refractivity contribution in [1.82, 2.24) is 5.32 Å². The van der Waals surface area contributed by atoms with E-state index in [4.69, 9.17) is 9.47 Å². The van der Waals surface area contributed by atoms with E-state index in [-0.39, 0.29) is 29.8 Å². The highest BCUT2D eigenvalue weighted by atomic mass is 16.6. The van der Waals surface area contributed by atoms with Gasteiger partial charge in [-0.3, -0.25) is 4.79 Å². The van der Waals surface area contributed by atoms with Gasteiger partial charge >= 0.3 is 0 Å². The lowest BCUT2D eigenvalue weighted by molar-refractivity contribution is -0.164. The van der Waals surface area contributed by atoms with E-state index in [1.165, 1.54) is 6.92 Å². The largest absolute Gasteiger partial charge is 0.370 e. The molecule has 1 rings (SSSR count). The molecule has 1 amide bonds. The molecule has 4 heteroatoms. The highest BCUT2D eigenvalue weighted by Crippen LogP contribution is 2.36. The molecule has 1 heterocycles. The van der Waals surface area contributed by atoms with Gasteiger partial charge in [0.25, 0.3) is 0 Å². The van der Waals surface area contributed by atoms with Crippen LogP contribution in [0.15, 0.2) is 0 Å². The average molecular weight is 229 g/mol. The van der Waals surface area contributed by atoms with E-state index in [1.807, 2.05) is 0 Å². The summed E-state index contributed by atoms with van der Waals surface area (Å²) in [5, 5.41) is 2.76. The Morgan fingerprint density at radius 2 is 2.19 bits per heavy atom. The minimum absolute atomic E-state index is 0.0445. The molecule has 0 aromatic rings. The number of ether oxygens (including phenoxy) is 2. The second-order valence-electron chi connectivity index (χ2n) is 5.20. The van der Waals surface area contributed by atoms with Crippen LogP contribution in [0.4, 0.5) is 0 Å². The van der Waals surface area contributed by atoms with Gasteiger partial charge in [0.05, 0.1) is 6.10 Å². The molecule has 0 aliphatic carbocycles. The third kappa shape index (κ3) is 3.19. The van der Waals surface area contributed by atoms with Crippen molar-refractivity contribution >= 4 is 5.91 Å². The summed E-state index contributed by atoms with van der Waals surface area (Å²) in [5.74, 6) is -0.0899. The zero-order valence-electron chi connectivity index (χ0n) is 10.9. The Morgan fingerprint density at radius 3 is 2.62 bits per heavy atom. The molecule has 0 spiro atoms. The van der Waals surface area contributed by atoms with E-state index in [0.717, 1.165) is 12.8 Å². The summed E-state index contributed by atoms with van der Waals surface area (Å²) < 4.78 is 11.2. The molecular weight excluding hydrogens is 206 g/mol. The number of hydrogen-bond donors (Lipinski definition) is 1. The zero-order chi connectivity index (χ0) is 12.3. The van der Waals surface area contributed by atoms with Gasteiger partial charge in [0.15, 0.2) is 6.23 Å². The standard InChI is InChI=1S/C12H23NO3/c1-8-12(3,4)7-6-10(16-8)11(15-5)13-9(2)14/h8,10-11H,6-7H2,1-5H3,(H,13,14)/t8?,10-,11+/m1/s1. The minimum Gasteiger partial charge on any atom is -0.370 e. The summed E-state index contributed by atoms with van der Waals surface area (Å²) in [6.45, 7) is 7.97. The summed E-state index contributed by atoms with van der Waals surface area (Å²) in [7, 11) is 1.59. The van der Waals surface area contributed by atoms with Crippen LogP contribution in [0.5, 0.6) is 0 Å². The van der Waals surface area contributed by atoms with Gasteiger partial charge in [0, 0.05) is 14.0 Å². The van der Waals surface area contributed by atoms with Crippen molar-refractivity contribution in [3.05, 3.63) is 0 Å². The number of amides is 1. The lowest BCUT2D eigenvalue weighted by Crippen LogP contribution is -2.50. The Balaban J connectivity index is 2.58. The molecule has 0 bridgehead atoms. The molecule has 0 aromatic carbocycles. The van der Waals surface area contributed by atoms with Gasteiger partial charge in [-0.25, -0.2) is 0 Å². The van der Waals surface area contributed by atoms with Gasteiger partial charge in [-0.15, -0.1) is 0 Å². The molecule has 1 fully saturated rings. The Hall–Kier alpha value is -0.610. The first-order valence-electron chi connectivity index (χ1n) is 5.82. The fraction of sp³-hybridized carbons (Fsp3) is 0.917. The molecule has 3 atom stereocenters. The molecule has 0 saturated carbocycles. The van der Waals surface area contributed by atoms with Crippen LogP contribution in [0.3, 0.4) is 0 Å². The number of hydrogen-bond acceptors (Lipinski definition) is 3. The Labute approximate surface area is 97.7 Å². The third-order valence-electron chi connectivity index (χ3n) is 3.49. The summed E-state index contributed by atoms with van der Waals surface area (Å²) >= 11 is 0. The first kappa shape index (κ1) is 13.5. The molecule has 0 radical (unpaired) electrons. The van der Waals surface area contributed by atoms with Gasteiger partial charge in [0.2, 0.25) is 5.91 Å². The van der Waals surface area contributed by atoms with E-state index < -0.39 is 0 Å². The van der Waals surface area contributed by atoms with Gasteiger partial charge < -0.3 is 14.8 Å². The lowest BCUT2D eigenvalue weighted by atomic mass is 9.79. The molecule has 1 saturated heterocycles. The zero-order valence-corrected chi connectivity index (χ0v) is 10.9. The van der Waals surface area contributed by atoms with Crippen LogP contribution in [0.25, 0.3) is 0 Å². The number of rotatable bonds is 3. The summed E-state index contributed by atoms with van der Waals surface area (Å²) in [4.78, 5) is 11.0. The number of nitrogens with one attached hydrogen (secondary N) is 1. The van der Waals surface area contributed by atoms with Crippen molar-refractivity contribution in [1.29, 1.82) is 0 Å². The molecular formula is C12H23NO3. The highest BCUT2D eigenvalue weighted by molar-refractivity contribution is 5.73. The fourth-order valence-electron chi connectivity index (χ4n) is 1.96. The van der Waals surface area contributed by atoms with E-state index in [9.17, 15) is 4.79 Å². The van der Waals surface area contributed by atoms with Crippen LogP contribution in [0.2, 0.25) is 0 Å². The predicted octanol–water partition coefficient (Wildman–Crippen LogP) is 1.69. The quantitative estimate of drug-likeness (QED) is 0.749. The van der Waals surface area contributed by atoms with Gasteiger partial charge in [-0.05, 0) is 25.2 Å². The monoisotopic (exact) mass is 229 g/mol. The van der Waals surface area contributed by atoms with Crippen molar-refractivity contribution < 1.29 is 14.3 Å². The molecule has 1 aliphatic rings. The Bertz CT molecular complexity index is 253. The molecule has 16 heavy (non-hydrogen) atoms. The predicted molar refractivity (Wildman–Crippen MR) is 62.0 cm³/mol. The maximum Gasteiger partial charge on any atom is 0.218 e. The third-order valence-corrected chi connectivity index (χ3v) is 3.49. The maximum atomic E-state index is 11.0. The number of methoxy groups -OCH3 is 1. The number of carbonyl (C=O) groups is 1. The SMILES string of the molecule is CO[C@H](NC(C)=O)[C@H]1CCC(C)(C)C(C)O1. The second-order valence-corrected chi connectivity index (χ2v) is 5.20. The second kappa shape index (κ2) is 5.15. The molecule has 94 valence electrons.